The molecule has 0 aromatic carbocycles. The topological polar surface area (TPSA) is 25.8 Å². The Morgan fingerprint density at radius 3 is 2.64 bits per heavy atom. The molecule has 2 aromatic heterocycles. The molecule has 2 nitrogen and oxygen atoms in total. The first-order valence-electron chi connectivity index (χ1n) is 4.31. The third-order valence-electron chi connectivity index (χ3n) is 1.92. The van der Waals surface area contributed by atoms with Gasteiger partial charge in [0.25, 0.3) is 0 Å². The molecule has 3 heteroatoms. The van der Waals surface area contributed by atoms with Crippen LogP contribution in [0.1, 0.15) is 5.69 Å². The van der Waals surface area contributed by atoms with E-state index in [1.165, 1.54) is 6.07 Å². The average Bonchev–Trinajstić information content (AvgIpc) is 2.19. The highest BCUT2D eigenvalue weighted by molar-refractivity contribution is 5.57. The number of aryl methyl sites for hydroxylation is 1. The fourth-order valence-electron chi connectivity index (χ4n) is 1.19. The number of hydrogen-bond donors (Lipinski definition) is 0. The number of rotatable bonds is 1. The number of nitrogens with zero attached hydrogens (tertiary/aromatic N) is 2. The lowest BCUT2D eigenvalue weighted by molar-refractivity contribution is 0.585. The molecule has 0 saturated carbocycles. The Balaban J connectivity index is 2.44. The Hall–Kier alpha value is -1.77. The van der Waals surface area contributed by atoms with Crippen molar-refractivity contribution in [2.45, 2.75) is 6.92 Å². The van der Waals surface area contributed by atoms with Crippen LogP contribution in [-0.4, -0.2) is 9.97 Å². The number of hydrogen-bond acceptors (Lipinski definition) is 2. The van der Waals surface area contributed by atoms with Crippen molar-refractivity contribution >= 4 is 0 Å². The van der Waals surface area contributed by atoms with Crippen LogP contribution in [0.25, 0.3) is 11.3 Å². The molecule has 0 amide bonds. The van der Waals surface area contributed by atoms with Crippen LogP contribution < -0.4 is 0 Å². The molecule has 0 radical (unpaired) electrons. The number of halogens is 1. The van der Waals surface area contributed by atoms with E-state index in [1.54, 1.807) is 18.3 Å². The van der Waals surface area contributed by atoms with E-state index in [0.717, 1.165) is 11.3 Å². The quantitative estimate of drug-likeness (QED) is 0.643. The second-order valence-electron chi connectivity index (χ2n) is 3.03. The first kappa shape index (κ1) is 8.81. The van der Waals surface area contributed by atoms with Crippen LogP contribution in [0.3, 0.4) is 0 Å². The molecule has 70 valence electrons. The largest absolute Gasteiger partial charge is 0.261 e. The zero-order valence-electron chi connectivity index (χ0n) is 7.74. The van der Waals surface area contributed by atoms with Crippen LogP contribution in [0.4, 0.5) is 4.39 Å². The zero-order chi connectivity index (χ0) is 9.97. The summed E-state index contributed by atoms with van der Waals surface area (Å²) in [6, 6.07) is 8.48. The molecule has 14 heavy (non-hydrogen) atoms. The van der Waals surface area contributed by atoms with Crippen molar-refractivity contribution in [2.24, 2.45) is 0 Å². The minimum atomic E-state index is -0.469. The van der Waals surface area contributed by atoms with Crippen molar-refractivity contribution in [3.05, 3.63) is 48.2 Å². The summed E-state index contributed by atoms with van der Waals surface area (Å²) in [6.07, 6.45) is 1.69. The third-order valence-corrected chi connectivity index (χ3v) is 1.92. The lowest BCUT2D eigenvalue weighted by atomic mass is 10.2. The monoisotopic (exact) mass is 188 g/mol. The summed E-state index contributed by atoms with van der Waals surface area (Å²) < 4.78 is 12.8. The number of aromatic nitrogens is 2. The van der Waals surface area contributed by atoms with Gasteiger partial charge in [0.2, 0.25) is 5.95 Å². The molecule has 0 unspecified atom stereocenters. The lowest BCUT2D eigenvalue weighted by Gasteiger charge is -1.99. The Bertz CT molecular complexity index is 437. The molecule has 0 N–H and O–H groups in total. The number of pyridine rings is 2. The van der Waals surface area contributed by atoms with Gasteiger partial charge in [0, 0.05) is 17.5 Å². The van der Waals surface area contributed by atoms with Gasteiger partial charge >= 0.3 is 0 Å². The van der Waals surface area contributed by atoms with Gasteiger partial charge in [-0.2, -0.15) is 4.39 Å². The van der Waals surface area contributed by atoms with Gasteiger partial charge in [0.15, 0.2) is 0 Å². The van der Waals surface area contributed by atoms with Crippen LogP contribution in [0.2, 0.25) is 0 Å². The highest BCUT2D eigenvalue weighted by Crippen LogP contribution is 2.15. The highest BCUT2D eigenvalue weighted by atomic mass is 19.1. The highest BCUT2D eigenvalue weighted by Gasteiger charge is 2.00. The van der Waals surface area contributed by atoms with Gasteiger partial charge in [0.05, 0.1) is 5.69 Å². The van der Waals surface area contributed by atoms with Crippen LogP contribution in [0.5, 0.6) is 0 Å². The third kappa shape index (κ3) is 1.76. The summed E-state index contributed by atoms with van der Waals surface area (Å²) in [7, 11) is 0. The second kappa shape index (κ2) is 3.54. The van der Waals surface area contributed by atoms with E-state index >= 15 is 0 Å². The Labute approximate surface area is 81.5 Å². The van der Waals surface area contributed by atoms with Gasteiger partial charge in [-0.3, -0.25) is 4.98 Å². The maximum Gasteiger partial charge on any atom is 0.213 e. The van der Waals surface area contributed by atoms with Gasteiger partial charge in [-0.05, 0) is 31.2 Å². The first-order valence-corrected chi connectivity index (χ1v) is 4.31. The molecule has 2 rings (SSSR count). The summed E-state index contributed by atoms with van der Waals surface area (Å²) in [5.41, 5.74) is 2.37. The van der Waals surface area contributed by atoms with Gasteiger partial charge < -0.3 is 0 Å². The molecule has 0 aliphatic heterocycles. The van der Waals surface area contributed by atoms with Crippen LogP contribution in [0, 0.1) is 12.9 Å². The van der Waals surface area contributed by atoms with Crippen LogP contribution in [0.15, 0.2) is 36.5 Å². The van der Waals surface area contributed by atoms with E-state index in [-0.39, 0.29) is 0 Å². The minimum Gasteiger partial charge on any atom is -0.261 e. The molecule has 0 spiro atoms. The van der Waals surface area contributed by atoms with Crippen molar-refractivity contribution < 1.29 is 4.39 Å². The normalized spacial score (nSPS) is 10.1. The van der Waals surface area contributed by atoms with Gasteiger partial charge in [-0.15, -0.1) is 0 Å². The van der Waals surface area contributed by atoms with Gasteiger partial charge in [-0.1, -0.05) is 6.07 Å². The molecule has 2 heterocycles. The molecular formula is C11H9FN2. The summed E-state index contributed by atoms with van der Waals surface area (Å²) in [4.78, 5) is 7.89. The molecule has 0 fully saturated rings. The van der Waals surface area contributed by atoms with E-state index in [9.17, 15) is 4.39 Å². The standard InChI is InChI=1S/C11H9FN2/c1-8-5-6-9(7-13-8)10-3-2-4-11(12)14-10/h2-7H,1H3. The van der Waals surface area contributed by atoms with Gasteiger partial charge in [-0.25, -0.2) is 4.98 Å². The first-order chi connectivity index (χ1) is 6.75. The fourth-order valence-corrected chi connectivity index (χ4v) is 1.19. The van der Waals surface area contributed by atoms with Crippen molar-refractivity contribution in [1.29, 1.82) is 0 Å². The predicted octanol–water partition coefficient (Wildman–Crippen LogP) is 2.59. The maximum atomic E-state index is 12.8. The van der Waals surface area contributed by atoms with Crippen molar-refractivity contribution in [2.75, 3.05) is 0 Å². The Morgan fingerprint density at radius 2 is 2.00 bits per heavy atom. The lowest BCUT2D eigenvalue weighted by Crippen LogP contribution is -1.88. The molecule has 0 aliphatic carbocycles. The van der Waals surface area contributed by atoms with Crippen LogP contribution >= 0.6 is 0 Å². The summed E-state index contributed by atoms with van der Waals surface area (Å²) in [6.45, 7) is 1.91. The van der Waals surface area contributed by atoms with E-state index < -0.39 is 5.95 Å². The molecule has 0 aliphatic rings. The summed E-state index contributed by atoms with van der Waals surface area (Å²) >= 11 is 0. The molecule has 0 atom stereocenters. The minimum absolute atomic E-state index is 0.469. The van der Waals surface area contributed by atoms with Crippen molar-refractivity contribution in [3.63, 3.8) is 0 Å². The fraction of sp³-hybridized carbons (Fsp3) is 0.0909. The summed E-state index contributed by atoms with van der Waals surface area (Å²) in [5, 5.41) is 0. The summed E-state index contributed by atoms with van der Waals surface area (Å²) in [5.74, 6) is -0.469. The second-order valence-corrected chi connectivity index (χ2v) is 3.03. The molecule has 2 aromatic rings. The van der Waals surface area contributed by atoms with Crippen molar-refractivity contribution in [1.82, 2.24) is 9.97 Å². The van der Waals surface area contributed by atoms with E-state index in [4.69, 9.17) is 0 Å². The van der Waals surface area contributed by atoms with E-state index in [0.29, 0.717) is 5.69 Å². The Kier molecular flexibility index (Phi) is 2.23. The zero-order valence-corrected chi connectivity index (χ0v) is 7.74. The Morgan fingerprint density at radius 1 is 1.14 bits per heavy atom. The van der Waals surface area contributed by atoms with Gasteiger partial charge in [0.1, 0.15) is 0 Å². The maximum absolute atomic E-state index is 12.8. The predicted molar refractivity (Wildman–Crippen MR) is 52.2 cm³/mol. The van der Waals surface area contributed by atoms with E-state index in [1.807, 2.05) is 19.1 Å². The molecule has 0 saturated heterocycles. The SMILES string of the molecule is Cc1ccc(-c2cccc(F)n2)cn1. The molecular weight excluding hydrogens is 179 g/mol. The average molecular weight is 188 g/mol. The van der Waals surface area contributed by atoms with Crippen molar-refractivity contribution in [3.8, 4) is 11.3 Å². The van der Waals surface area contributed by atoms with E-state index in [2.05, 4.69) is 9.97 Å². The molecule has 0 bridgehead atoms. The smallest absolute Gasteiger partial charge is 0.213 e. The van der Waals surface area contributed by atoms with Crippen LogP contribution in [-0.2, 0) is 0 Å².